The minimum Gasteiger partial charge on any atom is -0.391 e. The Morgan fingerprint density at radius 1 is 1.50 bits per heavy atom. The number of piperidine rings is 1. The van der Waals surface area contributed by atoms with Crippen LogP contribution in [0, 0.1) is 19.8 Å². The molecule has 0 saturated carbocycles. The molecule has 0 amide bonds. The third-order valence-electron chi connectivity index (χ3n) is 3.90. The number of rotatable bonds is 2. The highest BCUT2D eigenvalue weighted by Gasteiger charge is 2.26. The average molecular weight is 249 g/mol. The number of pyridine rings is 1. The fourth-order valence-corrected chi connectivity index (χ4v) is 2.64. The van der Waals surface area contributed by atoms with E-state index in [9.17, 15) is 5.11 Å². The Hall–Kier alpha value is -1.13. The summed E-state index contributed by atoms with van der Waals surface area (Å²) in [5.74, 6) is 0.381. The zero-order chi connectivity index (χ0) is 13.3. The van der Waals surface area contributed by atoms with Crippen LogP contribution in [0.4, 0.5) is 5.69 Å². The molecule has 1 aromatic heterocycles. The van der Waals surface area contributed by atoms with E-state index in [1.807, 2.05) is 13.8 Å². The predicted molar refractivity (Wildman–Crippen MR) is 73.6 cm³/mol. The van der Waals surface area contributed by atoms with E-state index in [1.165, 1.54) is 0 Å². The summed E-state index contributed by atoms with van der Waals surface area (Å²) in [4.78, 5) is 6.71. The summed E-state index contributed by atoms with van der Waals surface area (Å²) in [5.41, 5.74) is 10.1. The number of aliphatic hydroxyl groups is 1. The van der Waals surface area contributed by atoms with E-state index in [2.05, 4.69) is 22.9 Å². The maximum atomic E-state index is 10.0. The summed E-state index contributed by atoms with van der Waals surface area (Å²) in [7, 11) is 0. The summed E-state index contributed by atoms with van der Waals surface area (Å²) in [6.07, 6.45) is 0.768. The normalized spacial score (nSPS) is 24.4. The molecule has 0 bridgehead atoms. The van der Waals surface area contributed by atoms with Crippen LogP contribution in [0.3, 0.4) is 0 Å². The third kappa shape index (κ3) is 2.49. The summed E-state index contributed by atoms with van der Waals surface area (Å²) < 4.78 is 0. The fraction of sp³-hybridized carbons (Fsp3) is 0.643. The van der Waals surface area contributed by atoms with Gasteiger partial charge in [-0.25, -0.2) is 0 Å². The number of nitrogens with two attached hydrogens (primary N) is 1. The summed E-state index contributed by atoms with van der Waals surface area (Å²) in [6, 6.07) is 2.08. The molecule has 0 aliphatic carbocycles. The standard InChI is InChI=1S/C14H23N3O/c1-9-4-5-17(8-14(9)18)13-6-10(2)16-11(3)12(13)7-15/h6,9,14,18H,4-5,7-8,15H2,1-3H3. The van der Waals surface area contributed by atoms with E-state index < -0.39 is 0 Å². The first-order chi connectivity index (χ1) is 8.52. The molecular formula is C14H23N3O. The molecule has 2 unspecified atom stereocenters. The van der Waals surface area contributed by atoms with Gasteiger partial charge in [0.15, 0.2) is 0 Å². The van der Waals surface area contributed by atoms with Crippen LogP contribution in [0.2, 0.25) is 0 Å². The Kier molecular flexibility index (Phi) is 3.88. The van der Waals surface area contributed by atoms with Gasteiger partial charge in [0.25, 0.3) is 0 Å². The molecule has 1 aliphatic heterocycles. The number of aliphatic hydroxyl groups excluding tert-OH is 1. The molecule has 0 radical (unpaired) electrons. The molecular weight excluding hydrogens is 226 g/mol. The van der Waals surface area contributed by atoms with Crippen molar-refractivity contribution in [3.63, 3.8) is 0 Å². The number of hydrogen-bond donors (Lipinski definition) is 2. The Bertz CT molecular complexity index is 433. The van der Waals surface area contributed by atoms with Crippen molar-refractivity contribution in [2.75, 3.05) is 18.0 Å². The number of aromatic nitrogens is 1. The minimum atomic E-state index is -0.252. The smallest absolute Gasteiger partial charge is 0.0741 e. The maximum Gasteiger partial charge on any atom is 0.0741 e. The van der Waals surface area contributed by atoms with Crippen molar-refractivity contribution in [3.8, 4) is 0 Å². The van der Waals surface area contributed by atoms with Crippen LogP contribution in [0.15, 0.2) is 6.07 Å². The Labute approximate surface area is 109 Å². The van der Waals surface area contributed by atoms with Gasteiger partial charge in [0, 0.05) is 42.3 Å². The van der Waals surface area contributed by atoms with Gasteiger partial charge in [-0.1, -0.05) is 6.92 Å². The SMILES string of the molecule is Cc1cc(N2CCC(C)C(O)C2)c(CN)c(C)n1. The largest absolute Gasteiger partial charge is 0.391 e. The monoisotopic (exact) mass is 249 g/mol. The molecule has 100 valence electrons. The van der Waals surface area contributed by atoms with Crippen LogP contribution < -0.4 is 10.6 Å². The topological polar surface area (TPSA) is 62.4 Å². The van der Waals surface area contributed by atoms with Gasteiger partial charge in [-0.15, -0.1) is 0 Å². The van der Waals surface area contributed by atoms with Crippen molar-refractivity contribution < 1.29 is 5.11 Å². The first-order valence-electron chi connectivity index (χ1n) is 6.63. The van der Waals surface area contributed by atoms with E-state index in [-0.39, 0.29) is 6.10 Å². The van der Waals surface area contributed by atoms with Gasteiger partial charge < -0.3 is 15.7 Å². The maximum absolute atomic E-state index is 10.0. The molecule has 2 rings (SSSR count). The number of hydrogen-bond acceptors (Lipinski definition) is 4. The lowest BCUT2D eigenvalue weighted by Crippen LogP contribution is -2.43. The molecule has 1 fully saturated rings. The van der Waals surface area contributed by atoms with Gasteiger partial charge in [0.05, 0.1) is 6.10 Å². The molecule has 2 atom stereocenters. The lowest BCUT2D eigenvalue weighted by Gasteiger charge is -2.37. The summed E-state index contributed by atoms with van der Waals surface area (Å²) in [5, 5.41) is 10.0. The van der Waals surface area contributed by atoms with Gasteiger partial charge in [-0.05, 0) is 32.3 Å². The first kappa shape index (κ1) is 13.3. The molecule has 0 aromatic carbocycles. The van der Waals surface area contributed by atoms with Crippen LogP contribution in [0.5, 0.6) is 0 Å². The van der Waals surface area contributed by atoms with Gasteiger partial charge >= 0.3 is 0 Å². The van der Waals surface area contributed by atoms with Crippen LogP contribution in [0.1, 0.15) is 30.3 Å². The van der Waals surface area contributed by atoms with E-state index in [1.54, 1.807) is 0 Å². The van der Waals surface area contributed by atoms with Crippen LogP contribution in [-0.4, -0.2) is 29.3 Å². The molecule has 18 heavy (non-hydrogen) atoms. The second-order valence-corrected chi connectivity index (χ2v) is 5.33. The van der Waals surface area contributed by atoms with E-state index >= 15 is 0 Å². The van der Waals surface area contributed by atoms with Gasteiger partial charge in [-0.2, -0.15) is 0 Å². The molecule has 1 aromatic rings. The molecule has 4 heteroatoms. The van der Waals surface area contributed by atoms with E-state index in [4.69, 9.17) is 5.73 Å². The van der Waals surface area contributed by atoms with E-state index in [0.717, 1.165) is 35.6 Å². The Morgan fingerprint density at radius 2 is 2.22 bits per heavy atom. The van der Waals surface area contributed by atoms with Crippen LogP contribution in [-0.2, 0) is 6.54 Å². The zero-order valence-corrected chi connectivity index (χ0v) is 11.5. The molecule has 2 heterocycles. The quantitative estimate of drug-likeness (QED) is 0.831. The zero-order valence-electron chi connectivity index (χ0n) is 11.5. The second-order valence-electron chi connectivity index (χ2n) is 5.33. The Morgan fingerprint density at radius 3 is 2.83 bits per heavy atom. The van der Waals surface area contributed by atoms with Crippen molar-refractivity contribution >= 4 is 5.69 Å². The molecule has 4 nitrogen and oxygen atoms in total. The Balaban J connectivity index is 2.33. The van der Waals surface area contributed by atoms with E-state index in [0.29, 0.717) is 19.0 Å². The molecule has 0 spiro atoms. The lowest BCUT2D eigenvalue weighted by molar-refractivity contribution is 0.103. The van der Waals surface area contributed by atoms with Crippen LogP contribution >= 0.6 is 0 Å². The molecule has 1 saturated heterocycles. The van der Waals surface area contributed by atoms with Crippen molar-refractivity contribution in [2.45, 2.75) is 39.8 Å². The number of aryl methyl sites for hydroxylation is 2. The highest BCUT2D eigenvalue weighted by atomic mass is 16.3. The minimum absolute atomic E-state index is 0.252. The van der Waals surface area contributed by atoms with Crippen molar-refractivity contribution in [1.82, 2.24) is 4.98 Å². The van der Waals surface area contributed by atoms with Crippen LogP contribution in [0.25, 0.3) is 0 Å². The number of nitrogens with zero attached hydrogens (tertiary/aromatic N) is 2. The summed E-state index contributed by atoms with van der Waals surface area (Å²) in [6.45, 7) is 8.28. The third-order valence-corrected chi connectivity index (χ3v) is 3.90. The number of β-amino-alcohol motifs (C(OH)–C–C–N with tert-alkyl or cyclic N) is 1. The summed E-state index contributed by atoms with van der Waals surface area (Å²) >= 11 is 0. The highest BCUT2D eigenvalue weighted by molar-refractivity contribution is 5.56. The fourth-order valence-electron chi connectivity index (χ4n) is 2.64. The highest BCUT2D eigenvalue weighted by Crippen LogP contribution is 2.28. The van der Waals surface area contributed by atoms with Crippen molar-refractivity contribution in [3.05, 3.63) is 23.0 Å². The number of anilines is 1. The first-order valence-corrected chi connectivity index (χ1v) is 6.63. The van der Waals surface area contributed by atoms with Gasteiger partial charge in [-0.3, -0.25) is 4.98 Å². The van der Waals surface area contributed by atoms with Gasteiger partial charge in [0.2, 0.25) is 0 Å². The molecule has 1 aliphatic rings. The van der Waals surface area contributed by atoms with Gasteiger partial charge in [0.1, 0.15) is 0 Å². The predicted octanol–water partition coefficient (Wildman–Crippen LogP) is 1.36. The van der Waals surface area contributed by atoms with Crippen molar-refractivity contribution in [2.24, 2.45) is 11.7 Å². The lowest BCUT2D eigenvalue weighted by atomic mass is 9.95. The second kappa shape index (κ2) is 5.24. The molecule has 3 N–H and O–H groups in total. The average Bonchev–Trinajstić information content (AvgIpc) is 2.32. The van der Waals surface area contributed by atoms with Crippen molar-refractivity contribution in [1.29, 1.82) is 0 Å².